The van der Waals surface area contributed by atoms with Crippen LogP contribution in [0.1, 0.15) is 29.9 Å². The molecule has 0 aliphatic rings. The number of carbonyl (C=O) groups is 1. The van der Waals surface area contributed by atoms with Crippen molar-refractivity contribution >= 4 is 29.0 Å². The molecule has 0 saturated heterocycles. The van der Waals surface area contributed by atoms with Gasteiger partial charge < -0.3 is 10.2 Å². The summed E-state index contributed by atoms with van der Waals surface area (Å²) in [4.78, 5) is 23.3. The quantitative estimate of drug-likeness (QED) is 0.659. The van der Waals surface area contributed by atoms with Crippen LogP contribution in [0.4, 0.5) is 11.5 Å². The summed E-state index contributed by atoms with van der Waals surface area (Å²) in [6.07, 6.45) is 3.05. The van der Waals surface area contributed by atoms with E-state index in [9.17, 15) is 4.79 Å². The first-order chi connectivity index (χ1) is 13.0. The molecule has 1 amide bonds. The number of rotatable bonds is 6. The summed E-state index contributed by atoms with van der Waals surface area (Å²) in [5.41, 5.74) is 2.20. The van der Waals surface area contributed by atoms with Gasteiger partial charge in [-0.1, -0.05) is 48.0 Å². The highest BCUT2D eigenvalue weighted by molar-refractivity contribution is 6.30. The van der Waals surface area contributed by atoms with Crippen molar-refractivity contribution in [2.75, 3.05) is 5.32 Å². The third-order valence-corrected chi connectivity index (χ3v) is 4.28. The van der Waals surface area contributed by atoms with Crippen LogP contribution < -0.4 is 5.32 Å². The monoisotopic (exact) mass is 380 g/mol. The molecule has 0 atom stereocenters. The topological polar surface area (TPSA) is 58.1 Å². The van der Waals surface area contributed by atoms with E-state index in [1.165, 1.54) is 6.20 Å². The number of nitrogens with zero attached hydrogens (tertiary/aromatic N) is 3. The normalized spacial score (nSPS) is 10.7. The molecule has 3 aromatic rings. The SMILES string of the molecule is CC(C)N(Cc1ccccc1)C(=O)c1cnc(Nc2cccc(Cl)c2)cn1. The number of nitrogens with one attached hydrogen (secondary N) is 1. The molecule has 0 unspecified atom stereocenters. The number of halogens is 1. The number of aromatic nitrogens is 2. The summed E-state index contributed by atoms with van der Waals surface area (Å²) in [6, 6.07) is 17.3. The number of hydrogen-bond donors (Lipinski definition) is 1. The van der Waals surface area contributed by atoms with E-state index >= 15 is 0 Å². The van der Waals surface area contributed by atoms with Gasteiger partial charge in [-0.25, -0.2) is 9.97 Å². The maximum atomic E-state index is 12.9. The van der Waals surface area contributed by atoms with Crippen LogP contribution in [-0.4, -0.2) is 26.8 Å². The molecule has 1 heterocycles. The smallest absolute Gasteiger partial charge is 0.274 e. The Balaban J connectivity index is 1.73. The Bertz CT molecular complexity index is 898. The second-order valence-corrected chi connectivity index (χ2v) is 6.87. The van der Waals surface area contributed by atoms with Crippen molar-refractivity contribution < 1.29 is 4.79 Å². The molecule has 5 nitrogen and oxygen atoms in total. The number of amides is 1. The van der Waals surface area contributed by atoms with Gasteiger partial charge >= 0.3 is 0 Å². The largest absolute Gasteiger partial charge is 0.339 e. The van der Waals surface area contributed by atoms with Crippen LogP contribution in [-0.2, 0) is 6.54 Å². The fourth-order valence-electron chi connectivity index (χ4n) is 2.63. The highest BCUT2D eigenvalue weighted by Gasteiger charge is 2.20. The van der Waals surface area contributed by atoms with Gasteiger partial charge in [-0.2, -0.15) is 0 Å². The Hall–Kier alpha value is -2.92. The first kappa shape index (κ1) is 18.9. The molecular formula is C21H21ClN4O. The molecule has 0 fully saturated rings. The van der Waals surface area contributed by atoms with Gasteiger partial charge in [-0.05, 0) is 37.6 Å². The molecule has 2 aromatic carbocycles. The number of benzene rings is 2. The van der Waals surface area contributed by atoms with Crippen molar-refractivity contribution in [3.8, 4) is 0 Å². The van der Waals surface area contributed by atoms with E-state index in [1.54, 1.807) is 23.2 Å². The second-order valence-electron chi connectivity index (χ2n) is 6.43. The Morgan fingerprint density at radius 1 is 1.07 bits per heavy atom. The van der Waals surface area contributed by atoms with Crippen LogP contribution in [0.25, 0.3) is 0 Å². The van der Waals surface area contributed by atoms with Crippen molar-refractivity contribution in [2.24, 2.45) is 0 Å². The minimum atomic E-state index is -0.143. The van der Waals surface area contributed by atoms with Gasteiger partial charge in [0.05, 0.1) is 12.4 Å². The molecule has 27 heavy (non-hydrogen) atoms. The fraction of sp³-hybridized carbons (Fsp3) is 0.190. The van der Waals surface area contributed by atoms with Crippen molar-refractivity contribution in [2.45, 2.75) is 26.4 Å². The lowest BCUT2D eigenvalue weighted by molar-refractivity contribution is 0.0684. The number of carbonyl (C=O) groups excluding carboxylic acids is 1. The summed E-state index contributed by atoms with van der Waals surface area (Å²) in [5, 5.41) is 3.75. The first-order valence-corrected chi connectivity index (χ1v) is 9.10. The molecule has 0 aliphatic carbocycles. The summed E-state index contributed by atoms with van der Waals surface area (Å²) in [7, 11) is 0. The molecule has 0 bridgehead atoms. The lowest BCUT2D eigenvalue weighted by Gasteiger charge is -2.26. The lowest BCUT2D eigenvalue weighted by atomic mass is 10.2. The van der Waals surface area contributed by atoms with Gasteiger partial charge in [-0.15, -0.1) is 0 Å². The van der Waals surface area contributed by atoms with E-state index in [2.05, 4.69) is 15.3 Å². The predicted molar refractivity (Wildman–Crippen MR) is 108 cm³/mol. The van der Waals surface area contributed by atoms with E-state index < -0.39 is 0 Å². The summed E-state index contributed by atoms with van der Waals surface area (Å²) in [5.74, 6) is 0.406. The van der Waals surface area contributed by atoms with Crippen LogP contribution in [0.2, 0.25) is 5.02 Å². The van der Waals surface area contributed by atoms with Gasteiger partial charge in [0.1, 0.15) is 11.5 Å². The van der Waals surface area contributed by atoms with Gasteiger partial charge in [-0.3, -0.25) is 4.79 Å². The summed E-state index contributed by atoms with van der Waals surface area (Å²) in [6.45, 7) is 4.51. The van der Waals surface area contributed by atoms with Gasteiger partial charge in [0.2, 0.25) is 0 Å². The van der Waals surface area contributed by atoms with Crippen molar-refractivity contribution in [1.82, 2.24) is 14.9 Å². The molecule has 138 valence electrons. The Morgan fingerprint density at radius 3 is 2.48 bits per heavy atom. The maximum Gasteiger partial charge on any atom is 0.274 e. The molecule has 1 aromatic heterocycles. The molecule has 0 aliphatic heterocycles. The van der Waals surface area contributed by atoms with E-state index in [0.29, 0.717) is 23.1 Å². The van der Waals surface area contributed by atoms with E-state index in [-0.39, 0.29) is 11.9 Å². The molecule has 0 saturated carbocycles. The van der Waals surface area contributed by atoms with Crippen molar-refractivity contribution in [3.05, 3.63) is 83.3 Å². The second kappa shape index (κ2) is 8.64. The lowest BCUT2D eigenvalue weighted by Crippen LogP contribution is -2.36. The number of anilines is 2. The molecule has 0 spiro atoms. The summed E-state index contributed by atoms with van der Waals surface area (Å²) >= 11 is 5.98. The zero-order chi connectivity index (χ0) is 19.2. The zero-order valence-electron chi connectivity index (χ0n) is 15.3. The Morgan fingerprint density at radius 2 is 1.85 bits per heavy atom. The molecular weight excluding hydrogens is 360 g/mol. The van der Waals surface area contributed by atoms with E-state index in [1.807, 2.05) is 56.3 Å². The van der Waals surface area contributed by atoms with Gasteiger partial charge in [0, 0.05) is 23.3 Å². The number of hydrogen-bond acceptors (Lipinski definition) is 4. The Kier molecular flexibility index (Phi) is 6.04. The van der Waals surface area contributed by atoms with Crippen LogP contribution >= 0.6 is 11.6 Å². The van der Waals surface area contributed by atoms with Crippen molar-refractivity contribution in [1.29, 1.82) is 0 Å². The average Bonchev–Trinajstić information content (AvgIpc) is 2.67. The molecule has 1 N–H and O–H groups in total. The van der Waals surface area contributed by atoms with Crippen LogP contribution in [0.15, 0.2) is 67.0 Å². The van der Waals surface area contributed by atoms with E-state index in [4.69, 9.17) is 11.6 Å². The minimum absolute atomic E-state index is 0.0452. The molecule has 3 rings (SSSR count). The van der Waals surface area contributed by atoms with Crippen molar-refractivity contribution in [3.63, 3.8) is 0 Å². The summed E-state index contributed by atoms with van der Waals surface area (Å²) < 4.78 is 0. The highest BCUT2D eigenvalue weighted by atomic mass is 35.5. The third-order valence-electron chi connectivity index (χ3n) is 4.05. The van der Waals surface area contributed by atoms with Gasteiger partial charge in [0.15, 0.2) is 0 Å². The highest BCUT2D eigenvalue weighted by Crippen LogP contribution is 2.19. The molecule has 0 radical (unpaired) electrons. The third kappa shape index (κ3) is 5.05. The Labute approximate surface area is 164 Å². The molecule has 6 heteroatoms. The van der Waals surface area contributed by atoms with Crippen LogP contribution in [0.5, 0.6) is 0 Å². The maximum absolute atomic E-state index is 12.9. The standard InChI is InChI=1S/C21H21ClN4O/c1-15(2)26(14-16-7-4-3-5-8-16)21(27)19-12-24-20(13-23-19)25-18-10-6-9-17(22)11-18/h3-13,15H,14H2,1-2H3,(H,24,25). The van der Waals surface area contributed by atoms with E-state index in [0.717, 1.165) is 11.3 Å². The minimum Gasteiger partial charge on any atom is -0.339 e. The fourth-order valence-corrected chi connectivity index (χ4v) is 2.82. The average molecular weight is 381 g/mol. The van der Waals surface area contributed by atoms with Crippen LogP contribution in [0.3, 0.4) is 0 Å². The van der Waals surface area contributed by atoms with Crippen LogP contribution in [0, 0.1) is 0 Å². The van der Waals surface area contributed by atoms with Gasteiger partial charge in [0.25, 0.3) is 5.91 Å². The zero-order valence-corrected chi connectivity index (χ0v) is 16.0. The first-order valence-electron chi connectivity index (χ1n) is 8.72. The predicted octanol–water partition coefficient (Wildman–Crippen LogP) is 4.92.